The SMILES string of the molecule is CCCCCCCOc1ccc(CCC(CO)(COC(C)=O)NC(C)=O)cc1C(F)(F)F. The second-order valence-electron chi connectivity index (χ2n) is 7.99. The van der Waals surface area contributed by atoms with Crippen molar-refractivity contribution in [2.75, 3.05) is 19.8 Å². The summed E-state index contributed by atoms with van der Waals surface area (Å²) in [5.74, 6) is -1.26. The molecule has 1 rings (SSSR count). The van der Waals surface area contributed by atoms with Crippen molar-refractivity contribution in [1.29, 1.82) is 0 Å². The molecule has 0 bridgehead atoms. The number of aliphatic hydroxyl groups excluding tert-OH is 1. The van der Waals surface area contributed by atoms with Gasteiger partial charge in [-0.05, 0) is 37.0 Å². The zero-order valence-corrected chi connectivity index (χ0v) is 19.0. The number of ether oxygens (including phenoxy) is 2. The summed E-state index contributed by atoms with van der Waals surface area (Å²) in [6.45, 7) is 3.91. The molecule has 0 spiro atoms. The first kappa shape index (κ1) is 27.7. The smallest absolute Gasteiger partial charge is 0.419 e. The van der Waals surface area contributed by atoms with E-state index in [2.05, 4.69) is 12.2 Å². The molecule has 0 aliphatic carbocycles. The Morgan fingerprint density at radius 3 is 2.34 bits per heavy atom. The van der Waals surface area contributed by atoms with Gasteiger partial charge in [0.15, 0.2) is 0 Å². The fraction of sp³-hybridized carbons (Fsp3) is 0.652. The van der Waals surface area contributed by atoms with Gasteiger partial charge in [-0.15, -0.1) is 0 Å². The van der Waals surface area contributed by atoms with Crippen LogP contribution in [0.15, 0.2) is 18.2 Å². The molecule has 0 aliphatic rings. The number of alkyl halides is 3. The van der Waals surface area contributed by atoms with Crippen LogP contribution in [-0.4, -0.2) is 42.3 Å². The van der Waals surface area contributed by atoms with Crippen molar-refractivity contribution in [1.82, 2.24) is 5.32 Å². The standard InChI is InChI=1S/C23H34F3NO5/c1-4-5-6-7-8-13-31-21-10-9-19(14-20(21)23(24,25)26)11-12-22(15-28,27-17(2)29)16-32-18(3)30/h9-10,14,28H,4-8,11-13,15-16H2,1-3H3,(H,27,29). The number of hydrogen-bond acceptors (Lipinski definition) is 5. The molecule has 6 nitrogen and oxygen atoms in total. The molecule has 0 fully saturated rings. The zero-order valence-electron chi connectivity index (χ0n) is 19.0. The number of hydrogen-bond donors (Lipinski definition) is 2. The van der Waals surface area contributed by atoms with Gasteiger partial charge in [-0.1, -0.05) is 38.7 Å². The third-order valence-corrected chi connectivity index (χ3v) is 5.04. The van der Waals surface area contributed by atoms with E-state index in [-0.39, 0.29) is 31.8 Å². The van der Waals surface area contributed by atoms with Crippen molar-refractivity contribution in [2.24, 2.45) is 0 Å². The highest BCUT2D eigenvalue weighted by atomic mass is 19.4. The Morgan fingerprint density at radius 2 is 1.78 bits per heavy atom. The van der Waals surface area contributed by atoms with Crippen molar-refractivity contribution in [3.8, 4) is 5.75 Å². The van der Waals surface area contributed by atoms with E-state index < -0.39 is 35.8 Å². The average molecular weight is 462 g/mol. The van der Waals surface area contributed by atoms with Crippen LogP contribution in [0.4, 0.5) is 13.2 Å². The summed E-state index contributed by atoms with van der Waals surface area (Å²) in [5.41, 5.74) is -1.79. The summed E-state index contributed by atoms with van der Waals surface area (Å²) < 4.78 is 51.1. The highest BCUT2D eigenvalue weighted by Crippen LogP contribution is 2.37. The summed E-state index contributed by atoms with van der Waals surface area (Å²) in [4.78, 5) is 22.7. The number of amides is 1. The molecule has 1 amide bonds. The highest BCUT2D eigenvalue weighted by Gasteiger charge is 2.36. The van der Waals surface area contributed by atoms with E-state index in [0.717, 1.165) is 31.7 Å². The number of carbonyl (C=O) groups is 2. The van der Waals surface area contributed by atoms with E-state index in [1.54, 1.807) is 0 Å². The maximum Gasteiger partial charge on any atom is 0.419 e. The first-order valence-electron chi connectivity index (χ1n) is 10.9. The molecule has 2 N–H and O–H groups in total. The fourth-order valence-electron chi connectivity index (χ4n) is 3.30. The van der Waals surface area contributed by atoms with Gasteiger partial charge in [-0.2, -0.15) is 13.2 Å². The maximum absolute atomic E-state index is 13.6. The molecule has 0 saturated carbocycles. The normalized spacial score (nSPS) is 13.3. The predicted molar refractivity (Wildman–Crippen MR) is 114 cm³/mol. The van der Waals surface area contributed by atoms with Crippen LogP contribution in [0.2, 0.25) is 0 Å². The lowest BCUT2D eigenvalue weighted by molar-refractivity contribution is -0.145. The van der Waals surface area contributed by atoms with Crippen LogP contribution in [0.25, 0.3) is 0 Å². The van der Waals surface area contributed by atoms with Gasteiger partial charge in [0.2, 0.25) is 5.91 Å². The first-order valence-corrected chi connectivity index (χ1v) is 10.9. The minimum Gasteiger partial charge on any atom is -0.493 e. The minimum absolute atomic E-state index is 0.0747. The van der Waals surface area contributed by atoms with Gasteiger partial charge >= 0.3 is 12.1 Å². The molecular formula is C23H34F3NO5. The number of aliphatic hydroxyl groups is 1. The molecule has 1 aromatic carbocycles. The molecule has 182 valence electrons. The lowest BCUT2D eigenvalue weighted by Crippen LogP contribution is -2.54. The van der Waals surface area contributed by atoms with Crippen LogP contribution < -0.4 is 10.1 Å². The summed E-state index contributed by atoms with van der Waals surface area (Å²) in [5, 5.41) is 12.4. The Balaban J connectivity index is 2.92. The van der Waals surface area contributed by atoms with Gasteiger partial charge in [0.25, 0.3) is 0 Å². The number of halogens is 3. The summed E-state index contributed by atoms with van der Waals surface area (Å²) in [7, 11) is 0. The van der Waals surface area contributed by atoms with Gasteiger partial charge < -0.3 is 19.9 Å². The Labute approximate surface area is 187 Å². The van der Waals surface area contributed by atoms with Gasteiger partial charge in [-0.3, -0.25) is 9.59 Å². The molecule has 1 unspecified atom stereocenters. The molecule has 0 aliphatic heterocycles. The van der Waals surface area contributed by atoms with E-state index in [9.17, 15) is 27.9 Å². The van der Waals surface area contributed by atoms with E-state index in [1.165, 1.54) is 26.0 Å². The third kappa shape index (κ3) is 9.89. The highest BCUT2D eigenvalue weighted by molar-refractivity contribution is 5.74. The Bertz CT molecular complexity index is 739. The van der Waals surface area contributed by atoms with Gasteiger partial charge in [0, 0.05) is 13.8 Å². The number of rotatable bonds is 14. The number of aryl methyl sites for hydroxylation is 1. The summed E-state index contributed by atoms with van der Waals surface area (Å²) >= 11 is 0. The number of carbonyl (C=O) groups excluding carboxylic acids is 2. The second-order valence-corrected chi connectivity index (χ2v) is 7.99. The van der Waals surface area contributed by atoms with E-state index in [4.69, 9.17) is 9.47 Å². The van der Waals surface area contributed by atoms with Crippen LogP contribution in [0.3, 0.4) is 0 Å². The molecule has 0 heterocycles. The summed E-state index contributed by atoms with van der Waals surface area (Å²) in [6.07, 6.45) is 0.394. The topological polar surface area (TPSA) is 84.9 Å². The van der Waals surface area contributed by atoms with Gasteiger partial charge in [-0.25, -0.2) is 0 Å². The lowest BCUT2D eigenvalue weighted by atomic mass is 9.91. The summed E-state index contributed by atoms with van der Waals surface area (Å²) in [6, 6.07) is 3.85. The first-order chi connectivity index (χ1) is 15.0. The van der Waals surface area contributed by atoms with E-state index >= 15 is 0 Å². The van der Waals surface area contributed by atoms with E-state index in [0.29, 0.717) is 12.0 Å². The van der Waals surface area contributed by atoms with Crippen LogP contribution in [0.5, 0.6) is 5.75 Å². The van der Waals surface area contributed by atoms with Crippen molar-refractivity contribution in [2.45, 2.75) is 77.4 Å². The minimum atomic E-state index is -4.59. The molecule has 0 saturated heterocycles. The average Bonchev–Trinajstić information content (AvgIpc) is 2.72. The quantitative estimate of drug-likeness (QED) is 0.317. The van der Waals surface area contributed by atoms with Gasteiger partial charge in [0.05, 0.1) is 24.3 Å². The molecular weight excluding hydrogens is 427 g/mol. The number of esters is 1. The molecule has 32 heavy (non-hydrogen) atoms. The Morgan fingerprint density at radius 1 is 1.09 bits per heavy atom. The zero-order chi connectivity index (χ0) is 24.2. The molecule has 9 heteroatoms. The lowest BCUT2D eigenvalue weighted by Gasteiger charge is -2.32. The van der Waals surface area contributed by atoms with Crippen LogP contribution >= 0.6 is 0 Å². The third-order valence-electron chi connectivity index (χ3n) is 5.04. The molecule has 1 atom stereocenters. The van der Waals surface area contributed by atoms with Crippen LogP contribution in [-0.2, 0) is 26.9 Å². The molecule has 0 radical (unpaired) electrons. The largest absolute Gasteiger partial charge is 0.493 e. The van der Waals surface area contributed by atoms with Crippen molar-refractivity contribution < 1.29 is 37.3 Å². The predicted octanol–water partition coefficient (Wildman–Crippen LogP) is 4.42. The number of unbranched alkanes of at least 4 members (excludes halogenated alkanes) is 4. The number of nitrogens with one attached hydrogen (secondary N) is 1. The Kier molecular flexibility index (Phi) is 11.5. The molecule has 1 aromatic rings. The van der Waals surface area contributed by atoms with Crippen molar-refractivity contribution in [3.63, 3.8) is 0 Å². The maximum atomic E-state index is 13.6. The molecule has 0 aromatic heterocycles. The van der Waals surface area contributed by atoms with Crippen molar-refractivity contribution >= 4 is 11.9 Å². The Hall–Kier alpha value is -2.29. The van der Waals surface area contributed by atoms with Crippen LogP contribution in [0.1, 0.15) is 70.4 Å². The second kappa shape index (κ2) is 13.3. The number of benzene rings is 1. The van der Waals surface area contributed by atoms with Crippen molar-refractivity contribution in [3.05, 3.63) is 29.3 Å². The monoisotopic (exact) mass is 461 g/mol. The van der Waals surface area contributed by atoms with Gasteiger partial charge in [0.1, 0.15) is 12.4 Å². The van der Waals surface area contributed by atoms with E-state index in [1.807, 2.05) is 0 Å². The van der Waals surface area contributed by atoms with Crippen LogP contribution in [0, 0.1) is 0 Å². The fourth-order valence-corrected chi connectivity index (χ4v) is 3.30.